The predicted molar refractivity (Wildman–Crippen MR) is 89.1 cm³/mol. The summed E-state index contributed by atoms with van der Waals surface area (Å²) >= 11 is 1.66. The van der Waals surface area contributed by atoms with Crippen molar-refractivity contribution >= 4 is 17.7 Å². The van der Waals surface area contributed by atoms with E-state index >= 15 is 0 Å². The van der Waals surface area contributed by atoms with E-state index in [-0.39, 0.29) is 18.6 Å². The van der Waals surface area contributed by atoms with Crippen LogP contribution in [0.25, 0.3) is 0 Å². The van der Waals surface area contributed by atoms with E-state index in [2.05, 4.69) is 10.3 Å². The summed E-state index contributed by atoms with van der Waals surface area (Å²) in [6, 6.07) is 7.56. The summed E-state index contributed by atoms with van der Waals surface area (Å²) in [5.74, 6) is 0.701. The van der Waals surface area contributed by atoms with Gasteiger partial charge in [-0.2, -0.15) is 11.8 Å². The quantitative estimate of drug-likeness (QED) is 0.778. The SMILES string of the molecule is CSCC(CCO)NC(=O)c1ccc(Cn2ccnc2)cc1. The van der Waals surface area contributed by atoms with Crippen molar-refractivity contribution in [3.05, 3.63) is 54.1 Å². The van der Waals surface area contributed by atoms with Gasteiger partial charge in [0, 0.05) is 42.9 Å². The first-order valence-electron chi connectivity index (χ1n) is 7.18. The lowest BCUT2D eigenvalue weighted by Gasteiger charge is -2.16. The van der Waals surface area contributed by atoms with Crippen molar-refractivity contribution in [1.29, 1.82) is 0 Å². The summed E-state index contributed by atoms with van der Waals surface area (Å²) < 4.78 is 1.98. The Morgan fingerprint density at radius 1 is 1.41 bits per heavy atom. The summed E-state index contributed by atoms with van der Waals surface area (Å²) in [7, 11) is 0. The average Bonchev–Trinajstić information content (AvgIpc) is 3.01. The summed E-state index contributed by atoms with van der Waals surface area (Å²) in [6.07, 6.45) is 7.98. The molecule has 0 spiro atoms. The first-order valence-corrected chi connectivity index (χ1v) is 8.57. The van der Waals surface area contributed by atoms with Gasteiger partial charge in [0.15, 0.2) is 0 Å². The number of benzene rings is 1. The first-order chi connectivity index (χ1) is 10.7. The zero-order valence-corrected chi connectivity index (χ0v) is 13.4. The molecular weight excluding hydrogens is 298 g/mol. The van der Waals surface area contributed by atoms with Gasteiger partial charge in [-0.25, -0.2) is 4.98 Å². The van der Waals surface area contributed by atoms with E-state index in [0.29, 0.717) is 12.0 Å². The number of rotatable bonds is 8. The van der Waals surface area contributed by atoms with Crippen molar-refractivity contribution in [1.82, 2.24) is 14.9 Å². The molecule has 1 aromatic carbocycles. The molecule has 0 radical (unpaired) electrons. The monoisotopic (exact) mass is 319 g/mol. The second-order valence-corrected chi connectivity index (χ2v) is 5.98. The number of carbonyl (C=O) groups is 1. The van der Waals surface area contributed by atoms with Crippen LogP contribution in [-0.2, 0) is 6.54 Å². The minimum absolute atomic E-state index is 0.00174. The molecule has 1 amide bonds. The number of hydrogen-bond donors (Lipinski definition) is 2. The molecule has 0 aliphatic rings. The third-order valence-electron chi connectivity index (χ3n) is 3.32. The summed E-state index contributed by atoms with van der Waals surface area (Å²) in [5.41, 5.74) is 1.75. The van der Waals surface area contributed by atoms with Crippen LogP contribution < -0.4 is 5.32 Å². The molecule has 22 heavy (non-hydrogen) atoms. The highest BCUT2D eigenvalue weighted by Gasteiger charge is 2.12. The minimum Gasteiger partial charge on any atom is -0.396 e. The second-order valence-electron chi connectivity index (χ2n) is 5.07. The number of carbonyl (C=O) groups excluding carboxylic acids is 1. The van der Waals surface area contributed by atoms with Crippen LogP contribution in [0.5, 0.6) is 0 Å². The minimum atomic E-state index is -0.0957. The maximum absolute atomic E-state index is 12.2. The highest BCUT2D eigenvalue weighted by atomic mass is 32.2. The van der Waals surface area contributed by atoms with Gasteiger partial charge >= 0.3 is 0 Å². The van der Waals surface area contributed by atoms with Crippen LogP contribution in [-0.4, -0.2) is 45.2 Å². The third-order valence-corrected chi connectivity index (χ3v) is 4.06. The topological polar surface area (TPSA) is 67.2 Å². The Kier molecular flexibility index (Phi) is 6.48. The molecule has 0 saturated carbocycles. The highest BCUT2D eigenvalue weighted by molar-refractivity contribution is 7.98. The van der Waals surface area contributed by atoms with Gasteiger partial charge in [-0.15, -0.1) is 0 Å². The van der Waals surface area contributed by atoms with E-state index in [4.69, 9.17) is 5.11 Å². The fourth-order valence-corrected chi connectivity index (χ4v) is 2.83. The molecular formula is C16H21N3O2S. The average molecular weight is 319 g/mol. The van der Waals surface area contributed by atoms with Gasteiger partial charge in [0.05, 0.1) is 6.33 Å². The molecule has 0 bridgehead atoms. The number of aliphatic hydroxyl groups excluding tert-OH is 1. The van der Waals surface area contributed by atoms with Gasteiger partial charge in [-0.05, 0) is 30.4 Å². The van der Waals surface area contributed by atoms with Crippen LogP contribution in [0.4, 0.5) is 0 Å². The predicted octanol–water partition coefficient (Wildman–Crippen LogP) is 1.78. The molecule has 1 unspecified atom stereocenters. The van der Waals surface area contributed by atoms with Gasteiger partial charge in [-0.1, -0.05) is 12.1 Å². The maximum atomic E-state index is 12.2. The largest absolute Gasteiger partial charge is 0.396 e. The molecule has 6 heteroatoms. The lowest BCUT2D eigenvalue weighted by atomic mass is 10.1. The summed E-state index contributed by atoms with van der Waals surface area (Å²) in [4.78, 5) is 16.2. The molecule has 0 aliphatic heterocycles. The molecule has 1 heterocycles. The lowest BCUT2D eigenvalue weighted by Crippen LogP contribution is -2.37. The maximum Gasteiger partial charge on any atom is 0.251 e. The second kappa shape index (κ2) is 8.60. The molecule has 1 atom stereocenters. The number of aliphatic hydroxyl groups is 1. The van der Waals surface area contributed by atoms with Crippen LogP contribution in [0.2, 0.25) is 0 Å². The number of imidazole rings is 1. The highest BCUT2D eigenvalue weighted by Crippen LogP contribution is 2.08. The van der Waals surface area contributed by atoms with E-state index in [1.165, 1.54) is 0 Å². The van der Waals surface area contributed by atoms with E-state index in [0.717, 1.165) is 17.9 Å². The fraction of sp³-hybridized carbons (Fsp3) is 0.375. The lowest BCUT2D eigenvalue weighted by molar-refractivity contribution is 0.0935. The van der Waals surface area contributed by atoms with Crippen molar-refractivity contribution in [2.24, 2.45) is 0 Å². The first kappa shape index (κ1) is 16.6. The Morgan fingerprint density at radius 2 is 2.18 bits per heavy atom. The molecule has 0 fully saturated rings. The van der Waals surface area contributed by atoms with Crippen LogP contribution in [0, 0.1) is 0 Å². The molecule has 0 aliphatic carbocycles. The third kappa shape index (κ3) is 4.89. The normalized spacial score (nSPS) is 12.1. The van der Waals surface area contributed by atoms with Gasteiger partial charge in [0.1, 0.15) is 0 Å². The Bertz CT molecular complexity index is 564. The van der Waals surface area contributed by atoms with Crippen molar-refractivity contribution in [3.63, 3.8) is 0 Å². The number of thioether (sulfide) groups is 1. The van der Waals surface area contributed by atoms with Crippen molar-refractivity contribution < 1.29 is 9.90 Å². The van der Waals surface area contributed by atoms with Crippen LogP contribution >= 0.6 is 11.8 Å². The van der Waals surface area contributed by atoms with E-state index < -0.39 is 0 Å². The van der Waals surface area contributed by atoms with Gasteiger partial charge < -0.3 is 15.0 Å². The zero-order valence-electron chi connectivity index (χ0n) is 12.6. The Labute approximate surface area is 134 Å². The van der Waals surface area contributed by atoms with E-state index in [9.17, 15) is 4.79 Å². The number of amides is 1. The van der Waals surface area contributed by atoms with Crippen molar-refractivity contribution in [2.45, 2.75) is 19.0 Å². The Morgan fingerprint density at radius 3 is 2.77 bits per heavy atom. The van der Waals surface area contributed by atoms with Gasteiger partial charge in [-0.3, -0.25) is 4.79 Å². The molecule has 0 saturated heterocycles. The smallest absolute Gasteiger partial charge is 0.251 e. The van der Waals surface area contributed by atoms with E-state index in [1.54, 1.807) is 24.3 Å². The summed E-state index contributed by atoms with van der Waals surface area (Å²) in [5, 5.41) is 12.0. The van der Waals surface area contributed by atoms with Gasteiger partial charge in [0.2, 0.25) is 0 Å². The number of nitrogens with zero attached hydrogens (tertiary/aromatic N) is 2. The molecule has 118 valence electrons. The van der Waals surface area contributed by atoms with Crippen LogP contribution in [0.1, 0.15) is 22.3 Å². The zero-order chi connectivity index (χ0) is 15.8. The van der Waals surface area contributed by atoms with Gasteiger partial charge in [0.25, 0.3) is 5.91 Å². The molecule has 2 N–H and O–H groups in total. The number of hydrogen-bond acceptors (Lipinski definition) is 4. The molecule has 2 rings (SSSR count). The van der Waals surface area contributed by atoms with Crippen molar-refractivity contribution in [2.75, 3.05) is 18.6 Å². The number of aromatic nitrogens is 2. The van der Waals surface area contributed by atoms with Crippen molar-refractivity contribution in [3.8, 4) is 0 Å². The Balaban J connectivity index is 1.95. The fourth-order valence-electron chi connectivity index (χ4n) is 2.18. The molecule has 1 aromatic heterocycles. The van der Waals surface area contributed by atoms with E-state index in [1.807, 2.05) is 41.3 Å². The molecule has 5 nitrogen and oxygen atoms in total. The Hall–Kier alpha value is -1.79. The molecule has 2 aromatic rings. The summed E-state index contributed by atoms with van der Waals surface area (Å²) in [6.45, 7) is 0.816. The van der Waals surface area contributed by atoms with Crippen LogP contribution in [0.3, 0.4) is 0 Å². The number of nitrogens with one attached hydrogen (secondary N) is 1. The van der Waals surface area contributed by atoms with Crippen LogP contribution in [0.15, 0.2) is 43.0 Å². The standard InChI is InChI=1S/C16H21N3O2S/c1-22-11-15(6-9-20)18-16(21)14-4-2-13(3-5-14)10-19-8-7-17-12-19/h2-5,7-8,12,15,20H,6,9-11H2,1H3,(H,18,21).